The van der Waals surface area contributed by atoms with Crippen molar-refractivity contribution in [3.05, 3.63) is 28.2 Å². The molecular formula is C17H24Cl2N2O2. The molecule has 1 atom stereocenters. The van der Waals surface area contributed by atoms with Gasteiger partial charge in [-0.05, 0) is 57.7 Å². The number of carbonyl (C=O) groups is 1. The Morgan fingerprint density at radius 2 is 2.13 bits per heavy atom. The first kappa shape index (κ1) is 18.2. The van der Waals surface area contributed by atoms with E-state index in [1.165, 1.54) is 0 Å². The fourth-order valence-electron chi connectivity index (χ4n) is 2.61. The zero-order valence-corrected chi connectivity index (χ0v) is 15.4. The number of anilines is 1. The minimum atomic E-state index is -0.459. The zero-order chi connectivity index (χ0) is 17.0. The van der Waals surface area contributed by atoms with E-state index in [2.05, 4.69) is 5.32 Å². The van der Waals surface area contributed by atoms with Crippen LogP contribution in [0.1, 0.15) is 33.6 Å². The minimum absolute atomic E-state index is 0.230. The maximum Gasteiger partial charge on any atom is 0.410 e. The summed E-state index contributed by atoms with van der Waals surface area (Å²) < 4.78 is 5.45. The van der Waals surface area contributed by atoms with E-state index in [9.17, 15) is 4.79 Å². The average Bonchev–Trinajstić information content (AvgIpc) is 2.45. The Labute approximate surface area is 148 Å². The van der Waals surface area contributed by atoms with Crippen LogP contribution in [-0.4, -0.2) is 36.2 Å². The van der Waals surface area contributed by atoms with Gasteiger partial charge in [0, 0.05) is 24.7 Å². The fraction of sp³-hybridized carbons (Fsp3) is 0.588. The number of halogens is 2. The van der Waals surface area contributed by atoms with Gasteiger partial charge in [0.2, 0.25) is 0 Å². The summed E-state index contributed by atoms with van der Waals surface area (Å²) in [5, 5.41) is 4.58. The van der Waals surface area contributed by atoms with Crippen LogP contribution in [0.2, 0.25) is 10.0 Å². The summed E-state index contributed by atoms with van der Waals surface area (Å²) in [6.07, 6.45) is 1.84. The number of benzene rings is 1. The third-order valence-electron chi connectivity index (χ3n) is 3.68. The van der Waals surface area contributed by atoms with Crippen LogP contribution in [0.4, 0.5) is 10.5 Å². The van der Waals surface area contributed by atoms with Crippen LogP contribution in [-0.2, 0) is 4.74 Å². The van der Waals surface area contributed by atoms with Crippen molar-refractivity contribution in [3.63, 3.8) is 0 Å². The van der Waals surface area contributed by atoms with Crippen molar-refractivity contribution in [3.8, 4) is 0 Å². The van der Waals surface area contributed by atoms with Gasteiger partial charge in [-0.1, -0.05) is 23.2 Å². The summed E-state index contributed by atoms with van der Waals surface area (Å²) in [5.41, 5.74) is 0.407. The number of carbonyl (C=O) groups excluding carboxylic acids is 1. The molecule has 0 bridgehead atoms. The smallest absolute Gasteiger partial charge is 0.410 e. The molecule has 0 aliphatic carbocycles. The van der Waals surface area contributed by atoms with E-state index >= 15 is 0 Å². The van der Waals surface area contributed by atoms with Crippen LogP contribution in [0.3, 0.4) is 0 Å². The third-order valence-corrected chi connectivity index (χ3v) is 4.23. The molecule has 0 spiro atoms. The van der Waals surface area contributed by atoms with Gasteiger partial charge >= 0.3 is 6.09 Å². The Bertz CT molecular complexity index is 558. The summed E-state index contributed by atoms with van der Waals surface area (Å²) in [5.74, 6) is 0.378. The van der Waals surface area contributed by atoms with Crippen molar-refractivity contribution in [2.24, 2.45) is 5.92 Å². The van der Waals surface area contributed by atoms with Crippen LogP contribution in [0.15, 0.2) is 18.2 Å². The normalized spacial score (nSPS) is 18.7. The molecule has 1 aromatic rings. The van der Waals surface area contributed by atoms with E-state index in [4.69, 9.17) is 27.9 Å². The topological polar surface area (TPSA) is 41.6 Å². The number of piperidine rings is 1. The first-order chi connectivity index (χ1) is 10.7. The summed E-state index contributed by atoms with van der Waals surface area (Å²) in [4.78, 5) is 14.0. The van der Waals surface area contributed by atoms with Gasteiger partial charge in [0.25, 0.3) is 0 Å². The number of hydrogen-bond donors (Lipinski definition) is 1. The summed E-state index contributed by atoms with van der Waals surface area (Å²) in [7, 11) is 0. The number of amides is 1. The maximum atomic E-state index is 12.2. The van der Waals surface area contributed by atoms with E-state index in [-0.39, 0.29) is 6.09 Å². The van der Waals surface area contributed by atoms with Crippen molar-refractivity contribution >= 4 is 35.0 Å². The number of rotatable bonds is 3. The van der Waals surface area contributed by atoms with Crippen LogP contribution >= 0.6 is 23.2 Å². The lowest BCUT2D eigenvalue weighted by atomic mass is 9.98. The highest BCUT2D eigenvalue weighted by Crippen LogP contribution is 2.26. The predicted octanol–water partition coefficient (Wildman–Crippen LogP) is 5.05. The van der Waals surface area contributed by atoms with Crippen molar-refractivity contribution in [2.45, 2.75) is 39.2 Å². The van der Waals surface area contributed by atoms with E-state index in [1.807, 2.05) is 32.9 Å². The molecule has 2 rings (SSSR count). The molecule has 1 saturated heterocycles. The highest BCUT2D eigenvalue weighted by atomic mass is 35.5. The van der Waals surface area contributed by atoms with E-state index in [0.29, 0.717) is 22.5 Å². The second-order valence-electron chi connectivity index (χ2n) is 6.94. The molecule has 1 fully saturated rings. The second kappa shape index (κ2) is 7.63. The molecule has 1 aliphatic heterocycles. The van der Waals surface area contributed by atoms with Crippen molar-refractivity contribution in [1.29, 1.82) is 0 Å². The molecule has 1 heterocycles. The number of hydrogen-bond acceptors (Lipinski definition) is 3. The summed E-state index contributed by atoms with van der Waals surface area (Å²) in [6, 6.07) is 5.40. The molecule has 23 heavy (non-hydrogen) atoms. The number of ether oxygens (including phenoxy) is 1. The highest BCUT2D eigenvalue weighted by Gasteiger charge is 2.27. The molecule has 0 saturated carbocycles. The molecule has 0 radical (unpaired) electrons. The van der Waals surface area contributed by atoms with E-state index < -0.39 is 5.60 Å². The number of likely N-dealkylation sites (tertiary alicyclic amines) is 1. The van der Waals surface area contributed by atoms with Gasteiger partial charge in [0.05, 0.1) is 10.7 Å². The highest BCUT2D eigenvalue weighted by molar-refractivity contribution is 6.36. The van der Waals surface area contributed by atoms with Gasteiger partial charge in [0.15, 0.2) is 0 Å². The van der Waals surface area contributed by atoms with E-state index in [1.54, 1.807) is 11.0 Å². The van der Waals surface area contributed by atoms with Crippen LogP contribution in [0, 0.1) is 5.92 Å². The van der Waals surface area contributed by atoms with E-state index in [0.717, 1.165) is 31.6 Å². The van der Waals surface area contributed by atoms with Gasteiger partial charge < -0.3 is 15.0 Å². The molecule has 6 heteroatoms. The third kappa shape index (κ3) is 5.78. The molecule has 1 unspecified atom stereocenters. The van der Waals surface area contributed by atoms with Crippen LogP contribution < -0.4 is 5.32 Å². The monoisotopic (exact) mass is 358 g/mol. The van der Waals surface area contributed by atoms with Gasteiger partial charge in [0.1, 0.15) is 5.60 Å². The van der Waals surface area contributed by atoms with Gasteiger partial charge in [-0.3, -0.25) is 0 Å². The number of nitrogens with one attached hydrogen (secondary N) is 1. The van der Waals surface area contributed by atoms with Crippen LogP contribution in [0.25, 0.3) is 0 Å². The predicted molar refractivity (Wildman–Crippen MR) is 95.5 cm³/mol. The van der Waals surface area contributed by atoms with Crippen molar-refractivity contribution in [2.75, 3.05) is 25.0 Å². The molecule has 1 aliphatic rings. The Balaban J connectivity index is 1.87. The minimum Gasteiger partial charge on any atom is -0.444 e. The van der Waals surface area contributed by atoms with Gasteiger partial charge in [-0.2, -0.15) is 0 Å². The second-order valence-corrected chi connectivity index (χ2v) is 7.78. The molecule has 128 valence electrons. The standard InChI is InChI=1S/C17H24Cl2N2O2/c1-17(2,3)23-16(22)21-8-4-5-12(11-21)10-20-15-7-6-13(18)9-14(15)19/h6-7,9,12,20H,4-5,8,10-11H2,1-3H3. The molecule has 1 amide bonds. The molecule has 1 aromatic carbocycles. The number of nitrogens with zero attached hydrogens (tertiary/aromatic N) is 1. The first-order valence-corrected chi connectivity index (χ1v) is 8.67. The SMILES string of the molecule is CC(C)(C)OC(=O)N1CCCC(CNc2ccc(Cl)cc2Cl)C1. The summed E-state index contributed by atoms with van der Waals surface area (Å²) >= 11 is 12.1. The van der Waals surface area contributed by atoms with Crippen molar-refractivity contribution in [1.82, 2.24) is 4.90 Å². The Morgan fingerprint density at radius 3 is 2.78 bits per heavy atom. The molecule has 0 aromatic heterocycles. The quantitative estimate of drug-likeness (QED) is 0.821. The Kier molecular flexibility index (Phi) is 6.04. The first-order valence-electron chi connectivity index (χ1n) is 7.91. The average molecular weight is 359 g/mol. The van der Waals surface area contributed by atoms with Gasteiger partial charge in [-0.15, -0.1) is 0 Å². The van der Waals surface area contributed by atoms with Crippen molar-refractivity contribution < 1.29 is 9.53 Å². The lowest BCUT2D eigenvalue weighted by Crippen LogP contribution is -2.44. The molecule has 4 nitrogen and oxygen atoms in total. The zero-order valence-electron chi connectivity index (χ0n) is 13.9. The largest absolute Gasteiger partial charge is 0.444 e. The summed E-state index contributed by atoms with van der Waals surface area (Å²) in [6.45, 7) is 7.88. The Hall–Kier alpha value is -1.13. The maximum absolute atomic E-state index is 12.2. The lowest BCUT2D eigenvalue weighted by Gasteiger charge is -2.34. The molecule has 1 N–H and O–H groups in total. The Morgan fingerprint density at radius 1 is 1.39 bits per heavy atom. The van der Waals surface area contributed by atoms with Gasteiger partial charge in [-0.25, -0.2) is 4.79 Å². The fourth-order valence-corrected chi connectivity index (χ4v) is 3.09. The van der Waals surface area contributed by atoms with Crippen LogP contribution in [0.5, 0.6) is 0 Å². The molecular weight excluding hydrogens is 335 g/mol. The lowest BCUT2D eigenvalue weighted by molar-refractivity contribution is 0.0172.